The molecule has 198 valence electrons. The van der Waals surface area contributed by atoms with E-state index in [9.17, 15) is 9.59 Å². The molecular weight excluding hydrogens is 520 g/mol. The normalized spacial score (nSPS) is 14.8. The van der Waals surface area contributed by atoms with Gasteiger partial charge in [-0.2, -0.15) is 0 Å². The topological polar surface area (TPSA) is 138 Å². The molecule has 0 saturated carbocycles. The average Bonchev–Trinajstić information content (AvgIpc) is 3.72. The van der Waals surface area contributed by atoms with Gasteiger partial charge in [0, 0.05) is 36.0 Å². The summed E-state index contributed by atoms with van der Waals surface area (Å²) in [6.07, 6.45) is 6.92. The summed E-state index contributed by atoms with van der Waals surface area (Å²) in [5, 5.41) is 11.1. The largest absolute Gasteiger partial charge is 0.306 e. The standard InChI is InChI=1S/C26H30N8O2S2/c27-31-29-13-5-1-3-7-15-33-23(19-11-9-17-37-19)21-22(25(33)35)24(20-12-10-18-38-20)34(26(21)36)16-8-4-2-6-14-30-32-28/h9-12,17-18H,1-8,13-16H2. The molecule has 0 spiro atoms. The van der Waals surface area contributed by atoms with Crippen LogP contribution in [0.15, 0.2) is 56.4 Å². The number of hydrogen-bond donors (Lipinski definition) is 0. The zero-order valence-electron chi connectivity index (χ0n) is 21.2. The van der Waals surface area contributed by atoms with Crippen molar-refractivity contribution in [3.63, 3.8) is 0 Å². The molecule has 10 nitrogen and oxygen atoms in total. The van der Waals surface area contributed by atoms with Crippen molar-refractivity contribution in [2.24, 2.45) is 10.2 Å². The molecule has 0 aliphatic carbocycles. The SMILES string of the molecule is [N-]=[N+]=NCCCCCCN1C(=O)C2=C(c3cccs3)N(CCCCCCN=[N+]=[N-])C(=O)C2=C1c1cccs1. The van der Waals surface area contributed by atoms with Crippen molar-refractivity contribution in [3.8, 4) is 0 Å². The number of fused-ring (bicyclic) bond motifs is 1. The zero-order chi connectivity index (χ0) is 26.7. The Balaban J connectivity index is 1.57. The Morgan fingerprint density at radius 2 is 1.08 bits per heavy atom. The van der Waals surface area contributed by atoms with E-state index >= 15 is 0 Å². The van der Waals surface area contributed by atoms with Crippen molar-refractivity contribution in [2.75, 3.05) is 26.2 Å². The molecule has 2 aliphatic rings. The molecule has 0 fully saturated rings. The van der Waals surface area contributed by atoms with Gasteiger partial charge in [0.2, 0.25) is 0 Å². The summed E-state index contributed by atoms with van der Waals surface area (Å²) in [5.74, 6) is -0.211. The van der Waals surface area contributed by atoms with Crippen molar-refractivity contribution >= 4 is 45.9 Å². The minimum atomic E-state index is -0.105. The number of thiophene rings is 2. The average molecular weight is 551 g/mol. The third-order valence-corrected chi connectivity index (χ3v) is 8.35. The molecule has 0 radical (unpaired) electrons. The minimum absolute atomic E-state index is 0.105. The first-order valence-electron chi connectivity index (χ1n) is 12.9. The Labute approximate surface area is 229 Å². The van der Waals surface area contributed by atoms with Gasteiger partial charge in [0.1, 0.15) is 0 Å². The fourth-order valence-corrected chi connectivity index (χ4v) is 6.43. The van der Waals surface area contributed by atoms with Gasteiger partial charge in [-0.05, 0) is 59.6 Å². The predicted octanol–water partition coefficient (Wildman–Crippen LogP) is 7.36. The lowest BCUT2D eigenvalue weighted by Gasteiger charge is -2.24. The summed E-state index contributed by atoms with van der Waals surface area (Å²) >= 11 is 3.07. The van der Waals surface area contributed by atoms with Crippen LogP contribution >= 0.6 is 22.7 Å². The first-order chi connectivity index (χ1) is 18.7. The second kappa shape index (κ2) is 13.8. The molecule has 2 amide bonds. The van der Waals surface area contributed by atoms with Gasteiger partial charge in [0.25, 0.3) is 11.8 Å². The fraction of sp³-hybridized carbons (Fsp3) is 0.462. The van der Waals surface area contributed by atoms with Gasteiger partial charge >= 0.3 is 0 Å². The molecule has 4 rings (SSSR count). The van der Waals surface area contributed by atoms with Gasteiger partial charge in [-0.25, -0.2) is 0 Å². The molecule has 0 saturated heterocycles. The Hall–Kier alpha value is -3.56. The quantitative estimate of drug-likeness (QED) is 0.0933. The zero-order valence-corrected chi connectivity index (χ0v) is 22.8. The van der Waals surface area contributed by atoms with Crippen molar-refractivity contribution < 1.29 is 9.59 Å². The number of carbonyl (C=O) groups is 2. The van der Waals surface area contributed by atoms with Gasteiger partial charge in [-0.1, -0.05) is 48.0 Å². The molecule has 0 atom stereocenters. The van der Waals surface area contributed by atoms with E-state index in [0.29, 0.717) is 37.3 Å². The number of rotatable bonds is 16. The molecule has 0 bridgehead atoms. The van der Waals surface area contributed by atoms with E-state index in [-0.39, 0.29) is 11.8 Å². The maximum atomic E-state index is 13.9. The van der Waals surface area contributed by atoms with Gasteiger partial charge in [-0.15, -0.1) is 22.7 Å². The lowest BCUT2D eigenvalue weighted by atomic mass is 10.1. The first kappa shape index (κ1) is 27.5. The van der Waals surface area contributed by atoms with Crippen LogP contribution in [0.3, 0.4) is 0 Å². The smallest absolute Gasteiger partial charge is 0.261 e. The highest BCUT2D eigenvalue weighted by molar-refractivity contribution is 7.11. The van der Waals surface area contributed by atoms with Crippen molar-refractivity contribution in [3.05, 3.63) is 76.8 Å². The lowest BCUT2D eigenvalue weighted by Crippen LogP contribution is -2.30. The Morgan fingerprint density at radius 1 is 0.658 bits per heavy atom. The third-order valence-electron chi connectivity index (χ3n) is 6.60. The molecule has 2 aliphatic heterocycles. The second-order valence-electron chi connectivity index (χ2n) is 9.05. The summed E-state index contributed by atoms with van der Waals surface area (Å²) < 4.78 is 0. The summed E-state index contributed by atoms with van der Waals surface area (Å²) in [5.41, 5.74) is 19.4. The van der Waals surface area contributed by atoms with Crippen molar-refractivity contribution in [2.45, 2.75) is 51.4 Å². The van der Waals surface area contributed by atoms with E-state index in [4.69, 9.17) is 11.1 Å². The second-order valence-corrected chi connectivity index (χ2v) is 10.9. The first-order valence-corrected chi connectivity index (χ1v) is 14.7. The molecule has 2 aromatic heterocycles. The van der Waals surface area contributed by atoms with Crippen LogP contribution in [0, 0.1) is 0 Å². The van der Waals surface area contributed by atoms with Crippen molar-refractivity contribution in [1.29, 1.82) is 0 Å². The van der Waals surface area contributed by atoms with Crippen LogP contribution in [0.5, 0.6) is 0 Å². The summed E-state index contributed by atoms with van der Waals surface area (Å²) in [7, 11) is 0. The van der Waals surface area contributed by atoms with Crippen LogP contribution in [0.2, 0.25) is 0 Å². The van der Waals surface area contributed by atoms with E-state index in [1.165, 1.54) is 22.7 Å². The van der Waals surface area contributed by atoms with E-state index in [2.05, 4.69) is 20.1 Å². The molecule has 12 heteroatoms. The predicted molar refractivity (Wildman–Crippen MR) is 151 cm³/mol. The van der Waals surface area contributed by atoms with Crippen LogP contribution in [-0.2, 0) is 9.59 Å². The maximum absolute atomic E-state index is 13.9. The molecule has 0 unspecified atom stereocenters. The highest BCUT2D eigenvalue weighted by Crippen LogP contribution is 2.48. The van der Waals surface area contributed by atoms with E-state index in [1.807, 2.05) is 35.0 Å². The van der Waals surface area contributed by atoms with E-state index in [1.54, 1.807) is 9.80 Å². The molecule has 0 N–H and O–H groups in total. The molecule has 2 aromatic rings. The molecule has 0 aromatic carbocycles. The van der Waals surface area contributed by atoms with Gasteiger partial charge < -0.3 is 9.80 Å². The van der Waals surface area contributed by atoms with Crippen LogP contribution in [0.4, 0.5) is 0 Å². The summed E-state index contributed by atoms with van der Waals surface area (Å²) in [4.78, 5) is 38.9. The lowest BCUT2D eigenvalue weighted by molar-refractivity contribution is -0.124. The van der Waals surface area contributed by atoms with Crippen LogP contribution < -0.4 is 0 Å². The number of unbranched alkanes of at least 4 members (excludes halogenated alkanes) is 6. The highest BCUT2D eigenvalue weighted by atomic mass is 32.1. The number of carbonyl (C=O) groups excluding carboxylic acids is 2. The molecule has 4 heterocycles. The minimum Gasteiger partial charge on any atom is -0.306 e. The van der Waals surface area contributed by atoms with E-state index < -0.39 is 0 Å². The van der Waals surface area contributed by atoms with Crippen LogP contribution in [-0.4, -0.2) is 47.8 Å². The summed E-state index contributed by atoms with van der Waals surface area (Å²) in [6, 6.07) is 7.84. The highest BCUT2D eigenvalue weighted by Gasteiger charge is 2.48. The molecule has 38 heavy (non-hydrogen) atoms. The summed E-state index contributed by atoms with van der Waals surface area (Å²) in [6.45, 7) is 2.05. The van der Waals surface area contributed by atoms with Gasteiger partial charge in [0.15, 0.2) is 0 Å². The number of nitrogens with zero attached hydrogens (tertiary/aromatic N) is 8. The molecular formula is C26H30N8O2S2. The van der Waals surface area contributed by atoms with Crippen LogP contribution in [0.1, 0.15) is 61.1 Å². The fourth-order valence-electron chi connectivity index (χ4n) is 4.86. The van der Waals surface area contributed by atoms with E-state index in [0.717, 1.165) is 72.5 Å². The maximum Gasteiger partial charge on any atom is 0.261 e. The van der Waals surface area contributed by atoms with Gasteiger partial charge in [-0.3, -0.25) is 9.59 Å². The Morgan fingerprint density at radius 3 is 1.45 bits per heavy atom. The number of amides is 2. The van der Waals surface area contributed by atoms with Crippen molar-refractivity contribution in [1.82, 2.24) is 9.80 Å². The van der Waals surface area contributed by atoms with Crippen LogP contribution in [0.25, 0.3) is 32.3 Å². The van der Waals surface area contributed by atoms with Gasteiger partial charge in [0.05, 0.1) is 32.3 Å². The Kier molecular flexibility index (Phi) is 10.0. The Bertz CT molecular complexity index is 1190. The monoisotopic (exact) mass is 550 g/mol. The number of azide groups is 2. The number of hydrogen-bond acceptors (Lipinski definition) is 6. The third kappa shape index (κ3) is 6.11.